The van der Waals surface area contributed by atoms with Gasteiger partial charge in [0.05, 0.1) is 0 Å². The topological polar surface area (TPSA) is 107 Å². The van der Waals surface area contributed by atoms with Gasteiger partial charge in [-0.3, -0.25) is 14.4 Å². The average molecular weight is 309 g/mol. The Balaban J connectivity index is 1.78. The summed E-state index contributed by atoms with van der Waals surface area (Å²) in [6.45, 7) is 0. The average Bonchev–Trinajstić information content (AvgIpc) is 2.97. The third-order valence-electron chi connectivity index (χ3n) is 2.99. The van der Waals surface area contributed by atoms with Gasteiger partial charge in [0.15, 0.2) is 0 Å². The van der Waals surface area contributed by atoms with Crippen LogP contribution in [0, 0.1) is 5.21 Å². The lowest BCUT2D eigenvalue weighted by atomic mass is 10.1. The number of hydrogen-bond donors (Lipinski definition) is 1. The number of benzene rings is 1. The molecule has 8 heteroatoms. The quantitative estimate of drug-likeness (QED) is 0.441. The third kappa shape index (κ3) is 3.21. The molecular weight excluding hydrogens is 298 g/mol. The van der Waals surface area contributed by atoms with Gasteiger partial charge < -0.3 is 5.21 Å². The predicted molar refractivity (Wildman–Crippen MR) is 80.2 cm³/mol. The smallest absolute Gasteiger partial charge is 0.271 e. The van der Waals surface area contributed by atoms with E-state index in [0.717, 1.165) is 0 Å². The second kappa shape index (κ2) is 6.48. The van der Waals surface area contributed by atoms with Gasteiger partial charge in [-0.2, -0.15) is 5.10 Å². The van der Waals surface area contributed by atoms with E-state index in [9.17, 15) is 10.0 Å². The molecule has 0 radical (unpaired) electrons. The molecule has 1 aromatic carbocycles. The molecule has 1 N–H and O–H groups in total. The molecule has 0 atom stereocenters. The fourth-order valence-electron chi connectivity index (χ4n) is 1.88. The summed E-state index contributed by atoms with van der Waals surface area (Å²) >= 11 is 0. The second-order valence-corrected chi connectivity index (χ2v) is 4.46. The zero-order valence-corrected chi connectivity index (χ0v) is 11.8. The molecule has 0 saturated heterocycles. The highest BCUT2D eigenvalue weighted by atomic mass is 16.8. The summed E-state index contributed by atoms with van der Waals surface area (Å²) in [5.74, 6) is -0.418. The molecule has 0 fully saturated rings. The Labute approximate surface area is 130 Å². The normalized spacial score (nSPS) is 10.8. The molecular formula is C15H11N5O3. The Morgan fingerprint density at radius 3 is 2.70 bits per heavy atom. The Morgan fingerprint density at radius 2 is 1.96 bits per heavy atom. The predicted octanol–water partition coefficient (Wildman–Crippen LogP) is 1.13. The number of nitrogens with zero attached hydrogens (tertiary/aromatic N) is 4. The molecule has 0 bridgehead atoms. The van der Waals surface area contributed by atoms with Crippen LogP contribution in [0.25, 0.3) is 11.3 Å². The first-order chi connectivity index (χ1) is 11.3. The van der Waals surface area contributed by atoms with Crippen molar-refractivity contribution in [2.75, 3.05) is 0 Å². The summed E-state index contributed by atoms with van der Waals surface area (Å²) in [7, 11) is 0. The van der Waals surface area contributed by atoms with Crippen molar-refractivity contribution in [3.63, 3.8) is 0 Å². The van der Waals surface area contributed by atoms with Crippen LogP contribution in [0.1, 0.15) is 16.1 Å². The lowest BCUT2D eigenvalue weighted by Crippen LogP contribution is -2.28. The van der Waals surface area contributed by atoms with E-state index in [1.165, 1.54) is 18.6 Å². The largest absolute Gasteiger partial charge is 0.359 e. The molecule has 2 aromatic heterocycles. The monoisotopic (exact) mass is 309 g/mol. The van der Waals surface area contributed by atoms with Crippen LogP contribution < -0.4 is 10.3 Å². The minimum Gasteiger partial charge on any atom is -0.359 e. The highest BCUT2D eigenvalue weighted by Crippen LogP contribution is 2.17. The SMILES string of the molecule is O=C(N/N=C/c1c(-c2ccccc2)no[n+]1[O-])c1ccncc1. The number of amides is 1. The summed E-state index contributed by atoms with van der Waals surface area (Å²) in [6.07, 6.45) is 4.18. The van der Waals surface area contributed by atoms with Crippen molar-refractivity contribution in [2.24, 2.45) is 5.10 Å². The van der Waals surface area contributed by atoms with Crippen molar-refractivity contribution < 1.29 is 14.3 Å². The summed E-state index contributed by atoms with van der Waals surface area (Å²) < 4.78 is 4.59. The van der Waals surface area contributed by atoms with Gasteiger partial charge in [0.2, 0.25) is 5.69 Å². The van der Waals surface area contributed by atoms with Crippen molar-refractivity contribution in [2.45, 2.75) is 0 Å². The number of aromatic nitrogens is 3. The molecule has 114 valence electrons. The van der Waals surface area contributed by atoms with E-state index in [4.69, 9.17) is 0 Å². The second-order valence-electron chi connectivity index (χ2n) is 4.46. The van der Waals surface area contributed by atoms with Gasteiger partial charge in [0.1, 0.15) is 6.21 Å². The number of rotatable bonds is 4. The maximum atomic E-state index is 11.8. The number of carbonyl (C=O) groups excluding carboxylic acids is 1. The molecule has 2 heterocycles. The standard InChI is InChI=1S/C15H11N5O3/c21-15(12-6-8-16-9-7-12)18-17-10-13-14(19-23-20(13)22)11-4-2-1-3-5-11/h1-10H,(H,18,21)/b17-10+. The molecule has 3 rings (SSSR count). The van der Waals surface area contributed by atoms with E-state index < -0.39 is 5.91 Å². The lowest BCUT2D eigenvalue weighted by molar-refractivity contribution is -0.803. The molecule has 8 nitrogen and oxygen atoms in total. The molecule has 0 aliphatic heterocycles. The van der Waals surface area contributed by atoms with Gasteiger partial charge in [0.25, 0.3) is 11.6 Å². The summed E-state index contributed by atoms with van der Waals surface area (Å²) in [5.41, 5.74) is 3.85. The van der Waals surface area contributed by atoms with Crippen LogP contribution in [0.3, 0.4) is 0 Å². The van der Waals surface area contributed by atoms with Crippen LogP contribution in [-0.2, 0) is 0 Å². The van der Waals surface area contributed by atoms with Crippen molar-refractivity contribution in [1.82, 2.24) is 15.6 Å². The van der Waals surface area contributed by atoms with Gasteiger partial charge in [-0.15, -0.1) is 0 Å². The third-order valence-corrected chi connectivity index (χ3v) is 2.99. The van der Waals surface area contributed by atoms with Crippen LogP contribution in [0.15, 0.2) is 64.6 Å². The Bertz CT molecular complexity index is 831. The number of hydrogen-bond acceptors (Lipinski definition) is 6. The van der Waals surface area contributed by atoms with Crippen LogP contribution in [-0.4, -0.2) is 22.3 Å². The van der Waals surface area contributed by atoms with Crippen LogP contribution in [0.2, 0.25) is 0 Å². The molecule has 0 saturated carbocycles. The number of nitrogens with one attached hydrogen (secondary N) is 1. The van der Waals surface area contributed by atoms with Crippen molar-refractivity contribution >= 4 is 12.1 Å². The van der Waals surface area contributed by atoms with E-state index in [-0.39, 0.29) is 10.6 Å². The number of pyridine rings is 1. The summed E-state index contributed by atoms with van der Waals surface area (Å²) in [5, 5.41) is 19.1. The molecule has 0 aliphatic rings. The molecule has 1 amide bonds. The zero-order valence-electron chi connectivity index (χ0n) is 11.8. The van der Waals surface area contributed by atoms with E-state index in [0.29, 0.717) is 16.8 Å². The Hall–Kier alpha value is -3.55. The Morgan fingerprint density at radius 1 is 1.22 bits per heavy atom. The minimum atomic E-state index is -0.418. The fraction of sp³-hybridized carbons (Fsp3) is 0. The van der Waals surface area contributed by atoms with Crippen LogP contribution in [0.5, 0.6) is 0 Å². The van der Waals surface area contributed by atoms with E-state index in [1.54, 1.807) is 24.3 Å². The maximum Gasteiger partial charge on any atom is 0.271 e. The Kier molecular flexibility index (Phi) is 4.05. The molecule has 23 heavy (non-hydrogen) atoms. The van der Waals surface area contributed by atoms with E-state index >= 15 is 0 Å². The van der Waals surface area contributed by atoms with Gasteiger partial charge >= 0.3 is 0 Å². The summed E-state index contributed by atoms with van der Waals surface area (Å²) in [4.78, 5) is 15.9. The molecule has 0 spiro atoms. The van der Waals surface area contributed by atoms with E-state index in [2.05, 4.69) is 25.3 Å². The number of hydrazone groups is 1. The highest BCUT2D eigenvalue weighted by molar-refractivity contribution is 5.94. The van der Waals surface area contributed by atoms with E-state index in [1.807, 2.05) is 18.2 Å². The van der Waals surface area contributed by atoms with Crippen LogP contribution in [0.4, 0.5) is 0 Å². The maximum absolute atomic E-state index is 11.8. The first-order valence-corrected chi connectivity index (χ1v) is 6.64. The van der Waals surface area contributed by atoms with Gasteiger partial charge in [0, 0.05) is 28.7 Å². The minimum absolute atomic E-state index is 0.0891. The van der Waals surface area contributed by atoms with Gasteiger partial charge in [-0.25, -0.2) is 5.43 Å². The lowest BCUT2D eigenvalue weighted by Gasteiger charge is -1.98. The molecule has 3 aromatic rings. The van der Waals surface area contributed by atoms with Crippen LogP contribution >= 0.6 is 0 Å². The summed E-state index contributed by atoms with van der Waals surface area (Å²) in [6, 6.07) is 12.1. The zero-order chi connectivity index (χ0) is 16.1. The first kappa shape index (κ1) is 14.4. The first-order valence-electron chi connectivity index (χ1n) is 6.64. The molecule has 0 unspecified atom stereocenters. The number of carbonyl (C=O) groups is 1. The highest BCUT2D eigenvalue weighted by Gasteiger charge is 2.19. The van der Waals surface area contributed by atoms with Crippen molar-refractivity contribution in [1.29, 1.82) is 0 Å². The molecule has 0 aliphatic carbocycles. The van der Waals surface area contributed by atoms with Crippen molar-refractivity contribution in [3.05, 3.63) is 71.3 Å². The van der Waals surface area contributed by atoms with Crippen molar-refractivity contribution in [3.8, 4) is 11.3 Å². The van der Waals surface area contributed by atoms with Gasteiger partial charge in [-0.1, -0.05) is 30.3 Å². The fourth-order valence-corrected chi connectivity index (χ4v) is 1.88. The van der Waals surface area contributed by atoms with Gasteiger partial charge in [-0.05, 0) is 17.0 Å².